The van der Waals surface area contributed by atoms with Crippen molar-refractivity contribution in [2.45, 2.75) is 11.4 Å². The van der Waals surface area contributed by atoms with Gasteiger partial charge in [0.25, 0.3) is 11.8 Å². The lowest BCUT2D eigenvalue weighted by atomic mass is 10.0. The molecule has 13 nitrogen and oxygen atoms in total. The van der Waals surface area contributed by atoms with E-state index in [1.54, 1.807) is 0 Å². The van der Waals surface area contributed by atoms with Gasteiger partial charge < -0.3 is 31.4 Å². The van der Waals surface area contributed by atoms with E-state index < -0.39 is 41.0 Å². The van der Waals surface area contributed by atoms with Crippen LogP contribution in [0.15, 0.2) is 34.0 Å². The maximum Gasteiger partial charge on any atom is 0.407 e. The fourth-order valence-corrected chi connectivity index (χ4v) is 5.07. The van der Waals surface area contributed by atoms with E-state index in [0.717, 1.165) is 16.2 Å². The number of ether oxygens (including phenoxy) is 1. The summed E-state index contributed by atoms with van der Waals surface area (Å²) in [5, 5.41) is 27.6. The molecule has 1 saturated heterocycles. The van der Waals surface area contributed by atoms with Crippen LogP contribution in [0.25, 0.3) is 0 Å². The third-order valence-corrected chi connectivity index (χ3v) is 6.73. The minimum atomic E-state index is -1.32. The minimum Gasteiger partial charge on any atom is -0.477 e. The second-order valence-corrected chi connectivity index (χ2v) is 9.05. The quantitative estimate of drug-likeness (QED) is 0.0963. The van der Waals surface area contributed by atoms with Crippen molar-refractivity contribution in [2.24, 2.45) is 5.16 Å². The zero-order valence-electron chi connectivity index (χ0n) is 17.3. The van der Waals surface area contributed by atoms with Crippen molar-refractivity contribution in [3.05, 3.63) is 34.5 Å². The van der Waals surface area contributed by atoms with Crippen LogP contribution in [0.1, 0.15) is 5.69 Å². The predicted octanol–water partition coefficient (Wildman–Crippen LogP) is 0.163. The first-order chi connectivity index (χ1) is 16.3. The summed E-state index contributed by atoms with van der Waals surface area (Å²) < 4.78 is 4.90. The molecule has 2 aliphatic heterocycles. The molecule has 0 aromatic carbocycles. The average molecular weight is 531 g/mol. The molecule has 0 aliphatic carbocycles. The van der Waals surface area contributed by atoms with Crippen LogP contribution in [0.5, 0.6) is 0 Å². The molecule has 182 valence electrons. The largest absolute Gasteiger partial charge is 0.477 e. The standard InChI is InChI=1S/C18H19ClN6O7S2/c19-3-4-21-18(30)32-5-1-2-8-6-33-15-11(14(27)25(15)12(8)16(28)29)23-13(26)10(24-31)9-7-34-17(20)22-9/h1-2,7,11,15,31H,3-6H2,(H2,20,22)(H,21,30)(H,23,26)(H,28,29)/b2-1-,24-10-/t11?,15-/m1/s1. The molecular weight excluding hydrogens is 512 g/mol. The number of thiazole rings is 1. The van der Waals surface area contributed by atoms with E-state index in [-0.39, 0.29) is 41.3 Å². The van der Waals surface area contributed by atoms with E-state index >= 15 is 0 Å². The number of thioether (sulfide) groups is 1. The molecule has 0 radical (unpaired) electrons. The van der Waals surface area contributed by atoms with Crippen LogP contribution in [0.4, 0.5) is 9.93 Å². The van der Waals surface area contributed by atoms with E-state index in [4.69, 9.17) is 22.1 Å². The number of rotatable bonds is 9. The van der Waals surface area contributed by atoms with Crippen molar-refractivity contribution >= 4 is 69.4 Å². The Balaban J connectivity index is 1.67. The first-order valence-electron chi connectivity index (χ1n) is 9.57. The van der Waals surface area contributed by atoms with Gasteiger partial charge in [0, 0.05) is 23.6 Å². The number of amides is 3. The number of β-lactam (4-membered cyclic amide) rings is 1. The molecule has 2 atom stereocenters. The fourth-order valence-electron chi connectivity index (χ4n) is 3.10. The first-order valence-corrected chi connectivity index (χ1v) is 12.0. The summed E-state index contributed by atoms with van der Waals surface area (Å²) in [5.74, 6) is -2.36. The van der Waals surface area contributed by atoms with Crippen molar-refractivity contribution in [1.82, 2.24) is 20.5 Å². The number of carbonyl (C=O) groups is 4. The van der Waals surface area contributed by atoms with Gasteiger partial charge in [0.15, 0.2) is 10.8 Å². The number of nitrogens with two attached hydrogens (primary N) is 1. The lowest BCUT2D eigenvalue weighted by molar-refractivity contribution is -0.150. The summed E-state index contributed by atoms with van der Waals surface area (Å²) in [6, 6.07) is -1.03. The van der Waals surface area contributed by atoms with Crippen molar-refractivity contribution in [2.75, 3.05) is 30.5 Å². The average Bonchev–Trinajstić information content (AvgIpc) is 3.24. The highest BCUT2D eigenvalue weighted by atomic mass is 35.5. The molecule has 1 aromatic rings. The predicted molar refractivity (Wildman–Crippen MR) is 124 cm³/mol. The highest BCUT2D eigenvalue weighted by Crippen LogP contribution is 2.40. The number of hydrogen-bond acceptors (Lipinski definition) is 11. The van der Waals surface area contributed by atoms with Crippen LogP contribution >= 0.6 is 34.7 Å². The number of aliphatic carboxylic acids is 1. The number of fused-ring (bicyclic) bond motifs is 1. The number of oxime groups is 1. The van der Waals surface area contributed by atoms with Crippen LogP contribution in [-0.2, 0) is 19.1 Å². The van der Waals surface area contributed by atoms with E-state index in [1.807, 2.05) is 0 Å². The molecule has 1 fully saturated rings. The second-order valence-electron chi connectivity index (χ2n) is 6.68. The van der Waals surface area contributed by atoms with Crippen molar-refractivity contribution < 1.29 is 34.2 Å². The van der Waals surface area contributed by atoms with Crippen LogP contribution in [-0.4, -0.2) is 86.0 Å². The number of nitrogen functional groups attached to an aromatic ring is 1. The Kier molecular flexibility index (Phi) is 8.36. The molecule has 16 heteroatoms. The molecule has 0 bridgehead atoms. The summed E-state index contributed by atoms with van der Waals surface area (Å²) in [6.07, 6.45) is 2.24. The van der Waals surface area contributed by atoms with Crippen LogP contribution in [0.2, 0.25) is 0 Å². The van der Waals surface area contributed by atoms with E-state index in [9.17, 15) is 29.5 Å². The Labute approximate surface area is 205 Å². The molecule has 0 saturated carbocycles. The fraction of sp³-hybridized carbons (Fsp3) is 0.333. The van der Waals surface area contributed by atoms with Gasteiger partial charge in [-0.05, 0) is 11.6 Å². The van der Waals surface area contributed by atoms with E-state index in [0.29, 0.717) is 5.57 Å². The SMILES string of the molecule is Nc1nc(/C(=N/O)C(=O)NC2C(=O)N3C(C(=O)O)=C(/C=C\COC(=O)NCCCl)CS[C@H]23)cs1. The number of nitrogens with zero attached hydrogens (tertiary/aromatic N) is 3. The maximum absolute atomic E-state index is 12.7. The van der Waals surface area contributed by atoms with Crippen LogP contribution in [0, 0.1) is 0 Å². The highest BCUT2D eigenvalue weighted by Gasteiger charge is 2.54. The molecule has 6 N–H and O–H groups in total. The third kappa shape index (κ3) is 5.43. The number of anilines is 1. The summed E-state index contributed by atoms with van der Waals surface area (Å²) in [4.78, 5) is 53.5. The first kappa shape index (κ1) is 25.3. The van der Waals surface area contributed by atoms with Gasteiger partial charge in [0.05, 0.1) is 0 Å². The normalized spacial score (nSPS) is 20.1. The second kappa shape index (κ2) is 11.2. The zero-order chi connectivity index (χ0) is 24.8. The highest BCUT2D eigenvalue weighted by molar-refractivity contribution is 8.00. The van der Waals surface area contributed by atoms with E-state index in [2.05, 4.69) is 20.8 Å². The number of allylic oxidation sites excluding steroid dienone is 1. The van der Waals surface area contributed by atoms with Gasteiger partial charge in [0.1, 0.15) is 29.4 Å². The smallest absolute Gasteiger partial charge is 0.407 e. The number of carbonyl (C=O) groups excluding carboxylic acids is 3. The lowest BCUT2D eigenvalue weighted by Crippen LogP contribution is -2.71. The Morgan fingerprint density at radius 1 is 1.44 bits per heavy atom. The van der Waals surface area contributed by atoms with Crippen molar-refractivity contribution in [3.8, 4) is 0 Å². The van der Waals surface area contributed by atoms with Gasteiger partial charge in [-0.1, -0.05) is 11.2 Å². The summed E-state index contributed by atoms with van der Waals surface area (Å²) >= 11 is 7.74. The number of halogens is 1. The van der Waals surface area contributed by atoms with Crippen molar-refractivity contribution in [1.29, 1.82) is 0 Å². The number of carboxylic acid groups (broad SMARTS) is 1. The Bertz CT molecular complexity index is 1090. The number of carboxylic acids is 1. The molecule has 3 heterocycles. The topological polar surface area (TPSA) is 197 Å². The molecule has 1 unspecified atom stereocenters. The summed E-state index contributed by atoms with van der Waals surface area (Å²) in [5.41, 5.74) is 5.26. The summed E-state index contributed by atoms with van der Waals surface area (Å²) in [7, 11) is 0. The van der Waals surface area contributed by atoms with Gasteiger partial charge in [-0.25, -0.2) is 14.6 Å². The molecule has 3 amide bonds. The molecule has 1 aromatic heterocycles. The number of alkyl halides is 1. The van der Waals surface area contributed by atoms with Crippen molar-refractivity contribution in [3.63, 3.8) is 0 Å². The Morgan fingerprint density at radius 2 is 2.21 bits per heavy atom. The number of aromatic nitrogens is 1. The maximum atomic E-state index is 12.7. The minimum absolute atomic E-state index is 0.0412. The van der Waals surface area contributed by atoms with Crippen LogP contribution < -0.4 is 16.4 Å². The van der Waals surface area contributed by atoms with Gasteiger partial charge in [0.2, 0.25) is 0 Å². The number of nitrogens with one attached hydrogen (secondary N) is 2. The van der Waals surface area contributed by atoms with Gasteiger partial charge >= 0.3 is 12.1 Å². The zero-order valence-corrected chi connectivity index (χ0v) is 19.7. The Morgan fingerprint density at radius 3 is 2.82 bits per heavy atom. The lowest BCUT2D eigenvalue weighted by Gasteiger charge is -2.49. The molecule has 3 rings (SSSR count). The monoisotopic (exact) mass is 530 g/mol. The van der Waals surface area contributed by atoms with Crippen LogP contribution in [0.3, 0.4) is 0 Å². The van der Waals surface area contributed by atoms with Gasteiger partial charge in [-0.15, -0.1) is 34.7 Å². The molecule has 0 spiro atoms. The number of hydrogen-bond donors (Lipinski definition) is 5. The van der Waals surface area contributed by atoms with Gasteiger partial charge in [-0.3, -0.25) is 14.5 Å². The summed E-state index contributed by atoms with van der Waals surface area (Å²) in [6.45, 7) is 0.129. The molecular formula is C18H19ClN6O7S2. The van der Waals surface area contributed by atoms with Gasteiger partial charge in [-0.2, -0.15) is 0 Å². The third-order valence-electron chi connectivity index (χ3n) is 4.56. The molecule has 2 aliphatic rings. The Hall–Kier alpha value is -3.30. The molecule has 34 heavy (non-hydrogen) atoms. The van der Waals surface area contributed by atoms with E-state index in [1.165, 1.54) is 29.3 Å². The number of alkyl carbamates (subject to hydrolysis) is 1.